The summed E-state index contributed by atoms with van der Waals surface area (Å²) in [5.41, 5.74) is 14.3. The Morgan fingerprint density at radius 2 is 0.750 bits per heavy atom. The minimum Gasteiger partial charge on any atom is -0.418 e. The van der Waals surface area contributed by atoms with Crippen molar-refractivity contribution in [3.63, 3.8) is 0 Å². The number of pyridine rings is 2. The largest absolute Gasteiger partial charge is 0.673 e. The summed E-state index contributed by atoms with van der Waals surface area (Å²) in [6.07, 6.45) is 3.68. The van der Waals surface area contributed by atoms with Gasteiger partial charge in [-0.3, -0.25) is 4.98 Å². The second-order valence-electron chi connectivity index (χ2n) is 10.7. The second kappa shape index (κ2) is 13.1. The molecule has 0 unspecified atom stereocenters. The molecule has 0 N–H and O–H groups in total. The molecular weight excluding hydrogens is 559 g/mol. The highest BCUT2D eigenvalue weighted by molar-refractivity contribution is 6.50. The fourth-order valence-electron chi connectivity index (χ4n) is 5.01. The molecule has 2 heterocycles. The molecule has 44 heavy (non-hydrogen) atoms. The van der Waals surface area contributed by atoms with E-state index in [2.05, 4.69) is 140 Å². The highest BCUT2D eigenvalue weighted by Crippen LogP contribution is 2.32. The molecule has 6 aromatic rings. The number of aryl methyl sites for hydroxylation is 3. The Kier molecular flexibility index (Phi) is 9.05. The lowest BCUT2D eigenvalue weighted by atomic mass is 9.96. The Labute approximate surface area is 255 Å². The van der Waals surface area contributed by atoms with Crippen LogP contribution in [0.4, 0.5) is 17.3 Å². The summed E-state index contributed by atoms with van der Waals surface area (Å²) in [7, 11) is -6.00. The smallest absolute Gasteiger partial charge is 0.418 e. The zero-order valence-corrected chi connectivity index (χ0v) is 24.7. The number of rotatable bonds is 5. The summed E-state index contributed by atoms with van der Waals surface area (Å²) in [4.78, 5) is 4.16. The molecule has 4 aromatic carbocycles. The van der Waals surface area contributed by atoms with Crippen molar-refractivity contribution in [1.82, 2.24) is 4.98 Å². The van der Waals surface area contributed by atoms with Crippen LogP contribution in [-0.2, 0) is 0 Å². The van der Waals surface area contributed by atoms with E-state index >= 15 is 0 Å². The first-order valence-corrected chi connectivity index (χ1v) is 14.2. The van der Waals surface area contributed by atoms with Crippen molar-refractivity contribution in [3.8, 4) is 50.5 Å². The molecule has 0 aliphatic rings. The van der Waals surface area contributed by atoms with Gasteiger partial charge in [0, 0.05) is 47.8 Å². The van der Waals surface area contributed by atoms with Crippen molar-refractivity contribution in [2.24, 2.45) is 0 Å². The summed E-state index contributed by atoms with van der Waals surface area (Å²) < 4.78 is 41.4. The Bertz CT molecular complexity index is 1760. The number of hydrogen-bond acceptors (Lipinski definition) is 1. The maximum absolute atomic E-state index is 9.75. The van der Waals surface area contributed by atoms with Gasteiger partial charge in [-0.1, -0.05) is 77.4 Å². The molecule has 0 aliphatic carbocycles. The Hall–Kier alpha value is -5.04. The van der Waals surface area contributed by atoms with Gasteiger partial charge in [-0.15, -0.1) is 0 Å². The van der Waals surface area contributed by atoms with Gasteiger partial charge >= 0.3 is 7.25 Å². The molecular formula is C37H31BF4N2. The molecule has 0 saturated heterocycles. The van der Waals surface area contributed by atoms with Crippen LogP contribution in [0.1, 0.15) is 16.7 Å². The van der Waals surface area contributed by atoms with Crippen LogP contribution in [0.25, 0.3) is 50.5 Å². The molecule has 0 aliphatic heterocycles. The molecule has 220 valence electrons. The first-order chi connectivity index (χ1) is 21.0. The SMILES string of the molecule is Cc1ccc(-c2cc(-c3ccc(-c4ccncc4)cc3)cc(-c3ccc(C)cc3)[n+]2-c2ccc(C)cc2)cc1.F[B-](F)(F)F. The van der Waals surface area contributed by atoms with Gasteiger partial charge in [-0.05, 0) is 79.4 Å². The number of hydrogen-bond donors (Lipinski definition) is 0. The van der Waals surface area contributed by atoms with Gasteiger partial charge < -0.3 is 17.3 Å². The van der Waals surface area contributed by atoms with E-state index in [1.165, 1.54) is 50.1 Å². The van der Waals surface area contributed by atoms with E-state index in [9.17, 15) is 17.3 Å². The second-order valence-corrected chi connectivity index (χ2v) is 10.7. The molecule has 0 atom stereocenters. The van der Waals surface area contributed by atoms with Gasteiger partial charge in [0.2, 0.25) is 17.1 Å². The van der Waals surface area contributed by atoms with Crippen molar-refractivity contribution < 1.29 is 21.8 Å². The number of aromatic nitrogens is 2. The molecule has 2 aromatic heterocycles. The van der Waals surface area contributed by atoms with Crippen molar-refractivity contribution in [2.75, 3.05) is 0 Å². The zero-order chi connectivity index (χ0) is 31.3. The van der Waals surface area contributed by atoms with Crippen LogP contribution in [0.3, 0.4) is 0 Å². The number of halogens is 4. The fourth-order valence-corrected chi connectivity index (χ4v) is 5.01. The lowest BCUT2D eigenvalue weighted by Gasteiger charge is -2.13. The highest BCUT2D eigenvalue weighted by Gasteiger charge is 2.25. The normalized spacial score (nSPS) is 11.1. The van der Waals surface area contributed by atoms with Crippen LogP contribution in [-0.4, -0.2) is 12.2 Å². The average molecular weight is 590 g/mol. The van der Waals surface area contributed by atoms with Gasteiger partial charge in [-0.2, -0.15) is 4.57 Å². The first kappa shape index (κ1) is 30.4. The lowest BCUT2D eigenvalue weighted by molar-refractivity contribution is -0.572. The molecule has 2 nitrogen and oxygen atoms in total. The van der Waals surface area contributed by atoms with Crippen LogP contribution >= 0.6 is 0 Å². The maximum atomic E-state index is 9.75. The third kappa shape index (κ3) is 7.67. The molecule has 0 radical (unpaired) electrons. The standard InChI is InChI=1S/C37H31N2.BF4/c1-26-4-10-32(11-5-26)36-24-34(30-16-14-29(15-17-30)31-20-22-38-23-21-31)25-37(33-12-6-27(2)7-13-33)39(36)35-18-8-28(3)9-19-35;2-1(3,4)5/h4-25H,1-3H3;/q+1;-1. The van der Waals surface area contributed by atoms with E-state index in [1.807, 2.05) is 24.5 Å². The van der Waals surface area contributed by atoms with E-state index in [4.69, 9.17) is 0 Å². The fraction of sp³-hybridized carbons (Fsp3) is 0.0811. The molecule has 0 spiro atoms. The molecule has 0 bridgehead atoms. The first-order valence-electron chi connectivity index (χ1n) is 14.2. The van der Waals surface area contributed by atoms with Gasteiger partial charge in [0.1, 0.15) is 0 Å². The van der Waals surface area contributed by atoms with Crippen LogP contribution in [0.2, 0.25) is 0 Å². The van der Waals surface area contributed by atoms with Crippen LogP contribution in [0, 0.1) is 20.8 Å². The van der Waals surface area contributed by atoms with Crippen molar-refractivity contribution in [1.29, 1.82) is 0 Å². The van der Waals surface area contributed by atoms with E-state index in [0.29, 0.717) is 0 Å². The molecule has 0 amide bonds. The highest BCUT2D eigenvalue weighted by atomic mass is 19.5. The van der Waals surface area contributed by atoms with E-state index in [0.717, 1.165) is 17.1 Å². The minimum absolute atomic E-state index is 1.14. The van der Waals surface area contributed by atoms with E-state index in [-0.39, 0.29) is 0 Å². The van der Waals surface area contributed by atoms with Crippen LogP contribution < -0.4 is 4.57 Å². The third-order valence-corrected chi connectivity index (χ3v) is 7.28. The van der Waals surface area contributed by atoms with E-state index < -0.39 is 7.25 Å². The van der Waals surface area contributed by atoms with Gasteiger partial charge in [0.25, 0.3) is 0 Å². The predicted octanol–water partition coefficient (Wildman–Crippen LogP) is 10.3. The van der Waals surface area contributed by atoms with Gasteiger partial charge in [0.15, 0.2) is 0 Å². The lowest BCUT2D eigenvalue weighted by Crippen LogP contribution is -2.36. The van der Waals surface area contributed by atoms with Gasteiger partial charge in [0.05, 0.1) is 0 Å². The summed E-state index contributed by atoms with van der Waals surface area (Å²) in [5, 5.41) is 0. The predicted molar refractivity (Wildman–Crippen MR) is 172 cm³/mol. The monoisotopic (exact) mass is 590 g/mol. The molecule has 7 heteroatoms. The number of nitrogens with zero attached hydrogens (tertiary/aromatic N) is 2. The summed E-state index contributed by atoms with van der Waals surface area (Å²) in [6.45, 7) is 6.40. The quantitative estimate of drug-likeness (QED) is 0.111. The Morgan fingerprint density at radius 3 is 1.16 bits per heavy atom. The summed E-state index contributed by atoms with van der Waals surface area (Å²) >= 11 is 0. The van der Waals surface area contributed by atoms with Crippen LogP contribution in [0.15, 0.2) is 134 Å². The molecule has 0 saturated carbocycles. The number of benzene rings is 4. The van der Waals surface area contributed by atoms with E-state index in [1.54, 1.807) is 0 Å². The molecule has 0 fully saturated rings. The summed E-state index contributed by atoms with van der Waals surface area (Å²) in [5.74, 6) is 0. The summed E-state index contributed by atoms with van der Waals surface area (Å²) in [6, 6.07) is 44.1. The Morgan fingerprint density at radius 1 is 0.432 bits per heavy atom. The minimum atomic E-state index is -6.00. The topological polar surface area (TPSA) is 16.8 Å². The van der Waals surface area contributed by atoms with Crippen molar-refractivity contribution in [3.05, 3.63) is 150 Å². The maximum Gasteiger partial charge on any atom is 0.673 e. The Balaban J connectivity index is 0.000000712. The third-order valence-electron chi connectivity index (χ3n) is 7.28. The van der Waals surface area contributed by atoms with Crippen molar-refractivity contribution in [2.45, 2.75) is 20.8 Å². The van der Waals surface area contributed by atoms with Gasteiger partial charge in [-0.25, -0.2) is 0 Å². The van der Waals surface area contributed by atoms with Crippen LogP contribution in [0.5, 0.6) is 0 Å². The van der Waals surface area contributed by atoms with Crippen molar-refractivity contribution >= 4 is 7.25 Å². The average Bonchev–Trinajstić information content (AvgIpc) is 3.01. The molecule has 6 rings (SSSR count). The zero-order valence-electron chi connectivity index (χ0n) is 24.7.